The Kier molecular flexibility index (Phi) is 14.4. The molecule has 0 amide bonds. The van der Waals surface area contributed by atoms with Crippen LogP contribution in [0.3, 0.4) is 0 Å². The van der Waals surface area contributed by atoms with Crippen LogP contribution in [-0.4, -0.2) is 56.7 Å². The molecule has 0 fully saturated rings. The molecule has 0 aliphatic rings. The summed E-state index contributed by atoms with van der Waals surface area (Å²) in [6, 6.07) is 17.8. The Morgan fingerprint density at radius 1 is 0.907 bits per heavy atom. The van der Waals surface area contributed by atoms with Crippen molar-refractivity contribution >= 4 is 46.7 Å². The standard InChI is InChI=1S/C37H34Cl3N7O7/c38-30-11-26(22-54-35(50)14-42)32(52-20-24-10-23(13-41)15-43-16-24)12-33(30)53-21-25-4-1-5-28(36(25)39)29-6-2-7-31(37(29)40)51-9-3-8-47-19-27(45-46-47)17-44-18-34(48)49/h1-2,4-7,10-12,15-16,19,44H,3,8-9,14,17-18,20-22,42H2,(H,48,49). The number of pyridine rings is 1. The van der Waals surface area contributed by atoms with Crippen LogP contribution in [0.5, 0.6) is 17.2 Å². The van der Waals surface area contributed by atoms with Gasteiger partial charge in [0.25, 0.3) is 0 Å². The third kappa shape index (κ3) is 11.0. The number of nitrogens with zero attached hydrogens (tertiary/aromatic N) is 5. The number of aliphatic carboxylic acids is 1. The first-order valence-electron chi connectivity index (χ1n) is 16.4. The van der Waals surface area contributed by atoms with Crippen molar-refractivity contribution in [1.29, 1.82) is 5.26 Å². The first-order valence-corrected chi connectivity index (χ1v) is 17.6. The number of carbonyl (C=O) groups excluding carboxylic acids is 1. The first-order chi connectivity index (χ1) is 26.1. The van der Waals surface area contributed by atoms with Crippen LogP contribution < -0.4 is 25.3 Å². The molecule has 0 saturated carbocycles. The number of esters is 1. The van der Waals surface area contributed by atoms with Gasteiger partial charge in [0, 0.05) is 72.0 Å². The topological polar surface area (TPSA) is 197 Å². The van der Waals surface area contributed by atoms with Crippen molar-refractivity contribution in [2.45, 2.75) is 39.3 Å². The number of nitrogens with two attached hydrogens (primary N) is 1. The molecule has 2 heterocycles. The molecule has 0 saturated heterocycles. The summed E-state index contributed by atoms with van der Waals surface area (Å²) >= 11 is 20.4. The normalized spacial score (nSPS) is 10.8. The molecule has 0 bridgehead atoms. The van der Waals surface area contributed by atoms with E-state index in [4.69, 9.17) is 64.6 Å². The van der Waals surface area contributed by atoms with E-state index < -0.39 is 11.9 Å². The van der Waals surface area contributed by atoms with E-state index in [1.54, 1.807) is 41.3 Å². The second-order valence-corrected chi connectivity index (χ2v) is 12.8. The van der Waals surface area contributed by atoms with Gasteiger partial charge in [-0.2, -0.15) is 5.26 Å². The maximum atomic E-state index is 11.8. The third-order valence-corrected chi connectivity index (χ3v) is 8.79. The van der Waals surface area contributed by atoms with Gasteiger partial charge in [0.05, 0.1) is 46.0 Å². The van der Waals surface area contributed by atoms with Gasteiger partial charge in [-0.15, -0.1) is 5.10 Å². The van der Waals surface area contributed by atoms with E-state index in [1.165, 1.54) is 6.20 Å². The van der Waals surface area contributed by atoms with Gasteiger partial charge < -0.3 is 35.1 Å². The number of nitrogens with one attached hydrogen (secondary N) is 1. The molecule has 54 heavy (non-hydrogen) atoms. The molecule has 0 aliphatic heterocycles. The number of carboxylic acid groups (broad SMARTS) is 1. The monoisotopic (exact) mass is 793 g/mol. The molecule has 2 aromatic heterocycles. The summed E-state index contributed by atoms with van der Waals surface area (Å²) in [6.07, 6.45) is 5.38. The lowest BCUT2D eigenvalue weighted by atomic mass is 10.0. The molecule has 280 valence electrons. The van der Waals surface area contributed by atoms with Crippen LogP contribution >= 0.6 is 34.8 Å². The molecular weight excluding hydrogens is 761 g/mol. The van der Waals surface area contributed by atoms with E-state index >= 15 is 0 Å². The summed E-state index contributed by atoms with van der Waals surface area (Å²) < 4.78 is 25.1. The highest BCUT2D eigenvalue weighted by molar-refractivity contribution is 6.37. The van der Waals surface area contributed by atoms with Crippen molar-refractivity contribution in [3.8, 4) is 34.4 Å². The number of ether oxygens (including phenoxy) is 4. The van der Waals surface area contributed by atoms with Gasteiger partial charge in [-0.25, -0.2) is 0 Å². The number of benzene rings is 3. The van der Waals surface area contributed by atoms with E-state index in [9.17, 15) is 14.9 Å². The molecule has 0 unspecified atom stereocenters. The summed E-state index contributed by atoms with van der Waals surface area (Å²) in [4.78, 5) is 26.5. The fourth-order valence-electron chi connectivity index (χ4n) is 5.06. The summed E-state index contributed by atoms with van der Waals surface area (Å²) in [6.45, 7) is 0.694. The zero-order chi connectivity index (χ0) is 38.5. The van der Waals surface area contributed by atoms with Gasteiger partial charge in [0.2, 0.25) is 0 Å². The van der Waals surface area contributed by atoms with Crippen molar-refractivity contribution < 1.29 is 33.6 Å². The Hall–Kier alpha value is -5.43. The highest BCUT2D eigenvalue weighted by Crippen LogP contribution is 2.40. The fourth-order valence-corrected chi connectivity index (χ4v) is 5.87. The van der Waals surface area contributed by atoms with Crippen LogP contribution in [0.1, 0.15) is 34.4 Å². The molecule has 5 rings (SSSR count). The van der Waals surface area contributed by atoms with Crippen LogP contribution in [0.4, 0.5) is 0 Å². The molecule has 0 radical (unpaired) electrons. The molecule has 14 nitrogen and oxygen atoms in total. The Bertz CT molecular complexity index is 2140. The average molecular weight is 795 g/mol. The number of carboxylic acids is 1. The molecule has 5 aromatic rings. The number of hydrogen-bond donors (Lipinski definition) is 3. The van der Waals surface area contributed by atoms with E-state index in [2.05, 4.69) is 20.6 Å². The molecule has 17 heteroatoms. The van der Waals surface area contributed by atoms with Crippen LogP contribution in [0.25, 0.3) is 11.1 Å². The van der Waals surface area contributed by atoms with E-state index in [1.807, 2.05) is 36.4 Å². The van der Waals surface area contributed by atoms with Crippen LogP contribution in [0.15, 0.2) is 73.2 Å². The zero-order valence-electron chi connectivity index (χ0n) is 28.6. The van der Waals surface area contributed by atoms with Crippen LogP contribution in [0.2, 0.25) is 15.1 Å². The first kappa shape index (κ1) is 39.8. The lowest BCUT2D eigenvalue weighted by Gasteiger charge is -2.17. The molecule has 4 N–H and O–H groups in total. The molecular formula is C37H34Cl3N7O7. The maximum absolute atomic E-state index is 11.8. The van der Waals surface area contributed by atoms with Gasteiger partial charge in [-0.1, -0.05) is 70.3 Å². The van der Waals surface area contributed by atoms with Crippen molar-refractivity contribution in [3.63, 3.8) is 0 Å². The quantitative estimate of drug-likeness (QED) is 0.0653. The second-order valence-electron chi connectivity index (χ2n) is 11.6. The minimum atomic E-state index is -0.946. The van der Waals surface area contributed by atoms with Crippen molar-refractivity contribution in [3.05, 3.63) is 116 Å². The Balaban J connectivity index is 1.25. The summed E-state index contributed by atoms with van der Waals surface area (Å²) in [7, 11) is 0. The minimum absolute atomic E-state index is 0.0366. The Labute approximate surface area is 325 Å². The largest absolute Gasteiger partial charge is 0.492 e. The smallest absolute Gasteiger partial charge is 0.320 e. The van der Waals surface area contributed by atoms with Crippen LogP contribution in [-0.2, 0) is 47.2 Å². The molecule has 0 spiro atoms. The predicted octanol–water partition coefficient (Wildman–Crippen LogP) is 5.98. The average Bonchev–Trinajstić information content (AvgIpc) is 3.63. The highest BCUT2D eigenvalue weighted by atomic mass is 35.5. The number of hydrogen-bond acceptors (Lipinski definition) is 12. The Morgan fingerprint density at radius 3 is 2.46 bits per heavy atom. The van der Waals surface area contributed by atoms with Gasteiger partial charge in [0.15, 0.2) is 0 Å². The predicted molar refractivity (Wildman–Crippen MR) is 199 cm³/mol. The number of aryl methyl sites for hydroxylation is 1. The SMILES string of the molecule is N#Cc1cncc(COc2cc(OCc3cccc(-c4cccc(OCCCn5cc(CNCC(=O)O)nn5)c4Cl)c3Cl)c(Cl)cc2COC(=O)CN)c1. The molecule has 0 aliphatic carbocycles. The van der Waals surface area contributed by atoms with Crippen molar-refractivity contribution in [2.24, 2.45) is 5.73 Å². The lowest BCUT2D eigenvalue weighted by molar-refractivity contribution is -0.143. The number of aromatic nitrogens is 4. The van der Waals surface area contributed by atoms with Crippen molar-refractivity contribution in [1.82, 2.24) is 25.3 Å². The summed E-state index contributed by atoms with van der Waals surface area (Å²) in [5.74, 6) is -0.439. The van der Waals surface area contributed by atoms with Gasteiger partial charge in [-0.05, 0) is 18.2 Å². The fraction of sp³-hybridized carbons (Fsp3) is 0.243. The van der Waals surface area contributed by atoms with E-state index in [0.717, 1.165) is 0 Å². The number of rotatable bonds is 19. The molecule has 3 aromatic carbocycles. The van der Waals surface area contributed by atoms with Gasteiger partial charge in [-0.3, -0.25) is 19.3 Å². The van der Waals surface area contributed by atoms with Crippen molar-refractivity contribution in [2.75, 3.05) is 19.7 Å². The number of carbonyl (C=O) groups is 2. The highest BCUT2D eigenvalue weighted by Gasteiger charge is 2.17. The second kappa shape index (κ2) is 19.6. The number of halogens is 3. The van der Waals surface area contributed by atoms with Gasteiger partial charge >= 0.3 is 11.9 Å². The third-order valence-electron chi connectivity index (χ3n) is 7.66. The van der Waals surface area contributed by atoms with Crippen LogP contribution in [0, 0.1) is 11.3 Å². The lowest BCUT2D eigenvalue weighted by Crippen LogP contribution is -2.22. The van der Waals surface area contributed by atoms with E-state index in [0.29, 0.717) is 86.7 Å². The van der Waals surface area contributed by atoms with Gasteiger partial charge in [0.1, 0.15) is 43.1 Å². The Morgan fingerprint density at radius 2 is 1.69 bits per heavy atom. The summed E-state index contributed by atoms with van der Waals surface area (Å²) in [5, 5.41) is 29.9. The minimum Gasteiger partial charge on any atom is -0.492 e. The molecule has 0 atom stereocenters. The number of nitriles is 1. The zero-order valence-corrected chi connectivity index (χ0v) is 30.9. The van der Waals surface area contributed by atoms with E-state index in [-0.39, 0.29) is 43.7 Å². The maximum Gasteiger partial charge on any atom is 0.320 e. The summed E-state index contributed by atoms with van der Waals surface area (Å²) in [5.41, 5.74) is 9.52.